The Morgan fingerprint density at radius 3 is 2.31 bits per heavy atom. The van der Waals surface area contributed by atoms with Gasteiger partial charge in [-0.3, -0.25) is 4.99 Å². The normalized spacial score (nSPS) is 11.5. The quantitative estimate of drug-likeness (QED) is 0.563. The number of guanidine groups is 1. The van der Waals surface area contributed by atoms with Gasteiger partial charge in [0.1, 0.15) is 11.6 Å². The van der Waals surface area contributed by atoms with Crippen LogP contribution in [0.2, 0.25) is 0 Å². The van der Waals surface area contributed by atoms with Gasteiger partial charge in [0.2, 0.25) is 0 Å². The molecule has 0 aliphatic carbocycles. The Morgan fingerprint density at radius 1 is 1.04 bits per heavy atom. The number of hydrogen-bond donors (Lipinski definition) is 2. The second kappa shape index (κ2) is 10.4. The van der Waals surface area contributed by atoms with Gasteiger partial charge in [0.25, 0.3) is 0 Å². The van der Waals surface area contributed by atoms with Crippen LogP contribution in [0, 0.1) is 5.82 Å². The van der Waals surface area contributed by atoms with Crippen molar-refractivity contribution in [3.63, 3.8) is 0 Å². The van der Waals surface area contributed by atoms with Crippen molar-refractivity contribution in [2.75, 3.05) is 34.3 Å². The first-order valence-corrected chi connectivity index (χ1v) is 8.61. The number of likely N-dealkylation sites (N-methyl/N-ethyl adjacent to an activating group) is 1. The van der Waals surface area contributed by atoms with Gasteiger partial charge < -0.3 is 20.3 Å². The summed E-state index contributed by atoms with van der Waals surface area (Å²) in [5.41, 5.74) is 2.25. The number of rotatable bonds is 8. The molecular weight excluding hydrogens is 331 g/mol. The van der Waals surface area contributed by atoms with E-state index in [2.05, 4.69) is 20.5 Å². The molecule has 0 saturated heterocycles. The number of hydrogen-bond acceptors (Lipinski definition) is 3. The lowest BCUT2D eigenvalue weighted by molar-refractivity contribution is 0.331. The van der Waals surface area contributed by atoms with Crippen LogP contribution in [0.1, 0.15) is 11.1 Å². The molecule has 0 spiro atoms. The molecule has 6 heteroatoms. The fourth-order valence-corrected chi connectivity index (χ4v) is 2.50. The van der Waals surface area contributed by atoms with Gasteiger partial charge in [-0.05, 0) is 42.4 Å². The highest BCUT2D eigenvalue weighted by Crippen LogP contribution is 2.10. The molecule has 0 aliphatic heterocycles. The zero-order chi connectivity index (χ0) is 18.8. The zero-order valence-electron chi connectivity index (χ0n) is 15.6. The van der Waals surface area contributed by atoms with Crippen LogP contribution in [-0.4, -0.2) is 45.2 Å². The van der Waals surface area contributed by atoms with Crippen LogP contribution in [0.25, 0.3) is 0 Å². The van der Waals surface area contributed by atoms with Crippen LogP contribution in [0.4, 0.5) is 4.39 Å². The lowest BCUT2D eigenvalue weighted by Gasteiger charge is -2.18. The van der Waals surface area contributed by atoms with Crippen molar-refractivity contribution in [1.29, 1.82) is 0 Å². The summed E-state index contributed by atoms with van der Waals surface area (Å²) in [6, 6.07) is 14.5. The number of benzene rings is 2. The molecular formula is C20H27FN4O. The van der Waals surface area contributed by atoms with E-state index in [9.17, 15) is 4.39 Å². The molecule has 26 heavy (non-hydrogen) atoms. The Hall–Kier alpha value is -2.60. The van der Waals surface area contributed by atoms with Crippen molar-refractivity contribution in [3.8, 4) is 5.75 Å². The molecule has 0 aromatic heterocycles. The van der Waals surface area contributed by atoms with Crippen molar-refractivity contribution >= 4 is 5.96 Å². The van der Waals surface area contributed by atoms with Gasteiger partial charge in [0.15, 0.2) is 5.96 Å². The molecule has 0 atom stereocenters. The highest BCUT2D eigenvalue weighted by molar-refractivity contribution is 5.79. The summed E-state index contributed by atoms with van der Waals surface area (Å²) >= 11 is 0. The largest absolute Gasteiger partial charge is 0.497 e. The fraction of sp³-hybridized carbons (Fsp3) is 0.350. The number of aliphatic imine (C=N–C) groups is 1. The van der Waals surface area contributed by atoms with Crippen LogP contribution in [0.5, 0.6) is 5.75 Å². The van der Waals surface area contributed by atoms with Gasteiger partial charge in [-0.15, -0.1) is 0 Å². The standard InChI is InChI=1S/C20H27FN4O/c1-22-20(24-14-16-6-10-19(26-3)11-7-16)23-12-13-25(2)15-17-4-8-18(21)9-5-17/h4-11H,12-15H2,1-3H3,(H2,22,23,24). The van der Waals surface area contributed by atoms with Crippen molar-refractivity contribution in [1.82, 2.24) is 15.5 Å². The molecule has 5 nitrogen and oxygen atoms in total. The number of nitrogens with zero attached hydrogens (tertiary/aromatic N) is 2. The smallest absolute Gasteiger partial charge is 0.191 e. The molecule has 2 aromatic carbocycles. The summed E-state index contributed by atoms with van der Waals surface area (Å²) < 4.78 is 18.1. The third-order valence-electron chi connectivity index (χ3n) is 3.99. The van der Waals surface area contributed by atoms with E-state index in [0.717, 1.165) is 42.5 Å². The molecule has 0 unspecified atom stereocenters. The highest BCUT2D eigenvalue weighted by Gasteiger charge is 2.03. The predicted molar refractivity (Wildman–Crippen MR) is 104 cm³/mol. The molecule has 0 bridgehead atoms. The van der Waals surface area contributed by atoms with Crippen molar-refractivity contribution < 1.29 is 9.13 Å². The summed E-state index contributed by atoms with van der Waals surface area (Å²) in [4.78, 5) is 6.41. The molecule has 0 radical (unpaired) electrons. The average Bonchev–Trinajstić information content (AvgIpc) is 2.66. The third kappa shape index (κ3) is 6.72. The molecule has 0 heterocycles. The molecule has 2 rings (SSSR count). The maximum absolute atomic E-state index is 12.9. The minimum Gasteiger partial charge on any atom is -0.497 e. The Labute approximate surface area is 154 Å². The van der Waals surface area contributed by atoms with Gasteiger partial charge >= 0.3 is 0 Å². The Bertz CT molecular complexity index is 686. The summed E-state index contributed by atoms with van der Waals surface area (Å²) in [6.07, 6.45) is 0. The second-order valence-corrected chi connectivity index (χ2v) is 6.06. The van der Waals surface area contributed by atoms with E-state index in [4.69, 9.17) is 4.74 Å². The highest BCUT2D eigenvalue weighted by atomic mass is 19.1. The van der Waals surface area contributed by atoms with E-state index in [0.29, 0.717) is 6.54 Å². The topological polar surface area (TPSA) is 48.9 Å². The van der Waals surface area contributed by atoms with E-state index in [1.54, 1.807) is 14.2 Å². The Morgan fingerprint density at radius 2 is 1.69 bits per heavy atom. The van der Waals surface area contributed by atoms with Gasteiger partial charge in [-0.2, -0.15) is 0 Å². The zero-order valence-corrected chi connectivity index (χ0v) is 15.6. The number of halogens is 1. The van der Waals surface area contributed by atoms with Gasteiger partial charge in [-0.1, -0.05) is 24.3 Å². The van der Waals surface area contributed by atoms with Crippen molar-refractivity contribution in [2.45, 2.75) is 13.1 Å². The maximum atomic E-state index is 12.9. The van der Waals surface area contributed by atoms with E-state index in [1.807, 2.05) is 43.4 Å². The van der Waals surface area contributed by atoms with Crippen LogP contribution in [0.15, 0.2) is 53.5 Å². The first-order chi connectivity index (χ1) is 12.6. The van der Waals surface area contributed by atoms with Gasteiger partial charge in [0, 0.05) is 33.2 Å². The third-order valence-corrected chi connectivity index (χ3v) is 3.99. The van der Waals surface area contributed by atoms with Gasteiger partial charge in [0.05, 0.1) is 7.11 Å². The molecule has 0 aliphatic rings. The van der Waals surface area contributed by atoms with E-state index >= 15 is 0 Å². The second-order valence-electron chi connectivity index (χ2n) is 6.06. The average molecular weight is 358 g/mol. The lowest BCUT2D eigenvalue weighted by atomic mass is 10.2. The molecule has 0 fully saturated rings. The summed E-state index contributed by atoms with van der Waals surface area (Å²) in [5.74, 6) is 1.40. The van der Waals surface area contributed by atoms with E-state index < -0.39 is 0 Å². The first-order valence-electron chi connectivity index (χ1n) is 8.61. The van der Waals surface area contributed by atoms with E-state index in [-0.39, 0.29) is 5.82 Å². The molecule has 2 aromatic rings. The lowest BCUT2D eigenvalue weighted by Crippen LogP contribution is -2.40. The first kappa shape index (κ1) is 19.7. The van der Waals surface area contributed by atoms with Crippen LogP contribution < -0.4 is 15.4 Å². The maximum Gasteiger partial charge on any atom is 0.191 e. The summed E-state index contributed by atoms with van der Waals surface area (Å²) in [5, 5.41) is 6.59. The minimum absolute atomic E-state index is 0.204. The number of ether oxygens (including phenoxy) is 1. The Balaban J connectivity index is 1.69. The molecule has 0 amide bonds. The summed E-state index contributed by atoms with van der Waals surface area (Å²) in [6.45, 7) is 3.08. The van der Waals surface area contributed by atoms with Gasteiger partial charge in [-0.25, -0.2) is 4.39 Å². The van der Waals surface area contributed by atoms with E-state index in [1.165, 1.54) is 12.1 Å². The van der Waals surface area contributed by atoms with Crippen LogP contribution >= 0.6 is 0 Å². The van der Waals surface area contributed by atoms with Crippen LogP contribution in [-0.2, 0) is 13.1 Å². The minimum atomic E-state index is -0.204. The number of nitrogens with one attached hydrogen (secondary N) is 2. The summed E-state index contributed by atoms with van der Waals surface area (Å²) in [7, 11) is 5.45. The van der Waals surface area contributed by atoms with Crippen LogP contribution in [0.3, 0.4) is 0 Å². The predicted octanol–water partition coefficient (Wildman–Crippen LogP) is 2.63. The SMILES string of the molecule is CN=C(NCCN(C)Cc1ccc(F)cc1)NCc1ccc(OC)cc1. The molecule has 2 N–H and O–H groups in total. The Kier molecular flexibility index (Phi) is 7.89. The molecule has 0 saturated carbocycles. The monoisotopic (exact) mass is 358 g/mol. The van der Waals surface area contributed by atoms with Crippen molar-refractivity contribution in [2.24, 2.45) is 4.99 Å². The fourth-order valence-electron chi connectivity index (χ4n) is 2.50. The number of methoxy groups -OCH3 is 1. The molecule has 140 valence electrons. The van der Waals surface area contributed by atoms with Crippen molar-refractivity contribution in [3.05, 3.63) is 65.5 Å².